The summed E-state index contributed by atoms with van der Waals surface area (Å²) in [6.07, 6.45) is 0. The van der Waals surface area contributed by atoms with Gasteiger partial charge < -0.3 is 10.1 Å². The molecule has 0 fully saturated rings. The normalized spacial score (nSPS) is 10.7. The highest BCUT2D eigenvalue weighted by Crippen LogP contribution is 2.32. The number of carbonyl (C=O) groups excluding carboxylic acids is 2. The second-order valence-electron chi connectivity index (χ2n) is 6.14. The van der Waals surface area contributed by atoms with Crippen LogP contribution in [-0.2, 0) is 9.53 Å². The summed E-state index contributed by atoms with van der Waals surface area (Å²) >= 11 is 1.47. The number of rotatable bonds is 5. The van der Waals surface area contributed by atoms with Gasteiger partial charge in [-0.25, -0.2) is 14.2 Å². The second kappa shape index (κ2) is 8.20. The Balaban J connectivity index is 1.49. The van der Waals surface area contributed by atoms with E-state index in [0.29, 0.717) is 16.1 Å². The molecule has 1 heterocycles. The first-order chi connectivity index (χ1) is 14.1. The van der Waals surface area contributed by atoms with Crippen molar-refractivity contribution in [1.29, 1.82) is 0 Å². The van der Waals surface area contributed by atoms with Crippen LogP contribution < -0.4 is 5.32 Å². The van der Waals surface area contributed by atoms with Crippen molar-refractivity contribution >= 4 is 39.1 Å². The summed E-state index contributed by atoms with van der Waals surface area (Å²) < 4.78 is 19.8. The molecule has 0 radical (unpaired) electrons. The number of amides is 1. The third-order valence-electron chi connectivity index (χ3n) is 4.15. The highest BCUT2D eigenvalue weighted by atomic mass is 32.1. The molecule has 0 saturated heterocycles. The lowest BCUT2D eigenvalue weighted by atomic mass is 10.1. The third kappa shape index (κ3) is 4.14. The Hall–Kier alpha value is -3.58. The molecule has 1 aromatic heterocycles. The number of benzene rings is 3. The molecule has 29 heavy (non-hydrogen) atoms. The average Bonchev–Trinajstić information content (AvgIpc) is 3.18. The predicted molar refractivity (Wildman–Crippen MR) is 110 cm³/mol. The molecule has 0 unspecified atom stereocenters. The number of hydrogen-bond acceptors (Lipinski definition) is 5. The Morgan fingerprint density at radius 1 is 0.966 bits per heavy atom. The summed E-state index contributed by atoms with van der Waals surface area (Å²) in [5.74, 6) is -1.84. The number of anilines is 1. The zero-order valence-corrected chi connectivity index (χ0v) is 15.9. The van der Waals surface area contributed by atoms with E-state index in [-0.39, 0.29) is 5.69 Å². The van der Waals surface area contributed by atoms with Crippen molar-refractivity contribution in [2.75, 3.05) is 11.9 Å². The first-order valence-electron chi connectivity index (χ1n) is 8.78. The SMILES string of the molecule is O=C(COC(=O)c1ccccc1-c1nc2ccccc2s1)Nc1ccccc1F. The fraction of sp³-hybridized carbons (Fsp3) is 0.0455. The lowest BCUT2D eigenvalue weighted by Crippen LogP contribution is -2.21. The fourth-order valence-corrected chi connectivity index (χ4v) is 3.80. The smallest absolute Gasteiger partial charge is 0.339 e. The van der Waals surface area contributed by atoms with Gasteiger partial charge in [-0.3, -0.25) is 4.79 Å². The van der Waals surface area contributed by atoms with Gasteiger partial charge >= 0.3 is 5.97 Å². The molecule has 1 N–H and O–H groups in total. The zero-order valence-electron chi connectivity index (χ0n) is 15.1. The largest absolute Gasteiger partial charge is 0.452 e. The van der Waals surface area contributed by atoms with E-state index < -0.39 is 24.3 Å². The maximum atomic E-state index is 13.6. The lowest BCUT2D eigenvalue weighted by molar-refractivity contribution is -0.119. The van der Waals surface area contributed by atoms with Crippen molar-refractivity contribution in [3.8, 4) is 10.6 Å². The van der Waals surface area contributed by atoms with Gasteiger partial charge in [-0.1, -0.05) is 42.5 Å². The third-order valence-corrected chi connectivity index (χ3v) is 5.22. The van der Waals surface area contributed by atoms with E-state index in [2.05, 4.69) is 10.3 Å². The van der Waals surface area contributed by atoms with Crippen molar-refractivity contribution < 1.29 is 18.7 Å². The Morgan fingerprint density at radius 3 is 2.52 bits per heavy atom. The summed E-state index contributed by atoms with van der Waals surface area (Å²) in [7, 11) is 0. The number of nitrogens with one attached hydrogen (secondary N) is 1. The second-order valence-corrected chi connectivity index (χ2v) is 7.17. The molecule has 3 aromatic carbocycles. The molecule has 0 atom stereocenters. The van der Waals surface area contributed by atoms with Gasteiger partial charge in [-0.2, -0.15) is 0 Å². The number of para-hydroxylation sites is 2. The zero-order chi connectivity index (χ0) is 20.2. The van der Waals surface area contributed by atoms with E-state index in [0.717, 1.165) is 10.2 Å². The number of nitrogens with zero attached hydrogens (tertiary/aromatic N) is 1. The van der Waals surface area contributed by atoms with Gasteiger partial charge in [0.1, 0.15) is 10.8 Å². The number of thiazole rings is 1. The molecule has 0 spiro atoms. The summed E-state index contributed by atoms with van der Waals surface area (Å²) in [4.78, 5) is 29.2. The summed E-state index contributed by atoms with van der Waals surface area (Å²) in [5, 5.41) is 3.07. The van der Waals surface area contributed by atoms with E-state index in [9.17, 15) is 14.0 Å². The average molecular weight is 406 g/mol. The number of halogens is 1. The van der Waals surface area contributed by atoms with Crippen LogP contribution in [0.4, 0.5) is 10.1 Å². The minimum absolute atomic E-state index is 0.0309. The monoisotopic (exact) mass is 406 g/mol. The van der Waals surface area contributed by atoms with Crippen molar-refractivity contribution in [2.24, 2.45) is 0 Å². The molecule has 0 bridgehead atoms. The van der Waals surface area contributed by atoms with Crippen LogP contribution in [0.3, 0.4) is 0 Å². The van der Waals surface area contributed by atoms with E-state index in [1.165, 1.54) is 29.5 Å². The van der Waals surface area contributed by atoms with E-state index in [4.69, 9.17) is 4.74 Å². The van der Waals surface area contributed by atoms with Crippen molar-refractivity contribution in [3.63, 3.8) is 0 Å². The number of hydrogen-bond donors (Lipinski definition) is 1. The van der Waals surface area contributed by atoms with Crippen LogP contribution in [0.15, 0.2) is 72.8 Å². The molecule has 5 nitrogen and oxygen atoms in total. The van der Waals surface area contributed by atoms with Crippen molar-refractivity contribution in [1.82, 2.24) is 4.98 Å². The highest BCUT2D eigenvalue weighted by molar-refractivity contribution is 7.21. The summed E-state index contributed by atoms with van der Waals surface area (Å²) in [6.45, 7) is -0.526. The molecule has 4 rings (SSSR count). The molecule has 0 aliphatic carbocycles. The molecule has 0 aliphatic heterocycles. The van der Waals surface area contributed by atoms with Gasteiger partial charge in [0.2, 0.25) is 0 Å². The van der Waals surface area contributed by atoms with Crippen LogP contribution in [-0.4, -0.2) is 23.5 Å². The molecule has 0 aliphatic rings. The molecule has 4 aromatic rings. The molecule has 1 amide bonds. The highest BCUT2D eigenvalue weighted by Gasteiger charge is 2.18. The number of ether oxygens (including phenoxy) is 1. The van der Waals surface area contributed by atoms with Crippen LogP contribution in [0, 0.1) is 5.82 Å². The van der Waals surface area contributed by atoms with Crippen molar-refractivity contribution in [2.45, 2.75) is 0 Å². The minimum atomic E-state index is -0.650. The van der Waals surface area contributed by atoms with Gasteiger partial charge in [0.15, 0.2) is 6.61 Å². The molecule has 7 heteroatoms. The standard InChI is InChI=1S/C22H15FN2O3S/c23-16-9-3-4-10-17(16)24-20(26)13-28-22(27)15-8-2-1-7-14(15)21-25-18-11-5-6-12-19(18)29-21/h1-12H,13H2,(H,24,26). The number of aromatic nitrogens is 1. The predicted octanol–water partition coefficient (Wildman–Crippen LogP) is 4.90. The minimum Gasteiger partial charge on any atom is -0.452 e. The fourth-order valence-electron chi connectivity index (χ4n) is 2.79. The topological polar surface area (TPSA) is 68.3 Å². The maximum absolute atomic E-state index is 13.6. The van der Waals surface area contributed by atoms with Gasteiger partial charge in [-0.15, -0.1) is 11.3 Å². The summed E-state index contributed by atoms with van der Waals surface area (Å²) in [6, 6.07) is 20.4. The first kappa shape index (κ1) is 18.8. The molecule has 144 valence electrons. The van der Waals surface area contributed by atoms with E-state index >= 15 is 0 Å². The number of carbonyl (C=O) groups is 2. The lowest BCUT2D eigenvalue weighted by Gasteiger charge is -2.09. The Bertz CT molecular complexity index is 1170. The van der Waals surface area contributed by atoms with E-state index in [1.807, 2.05) is 30.3 Å². The number of esters is 1. The Labute approximate surface area is 169 Å². The molecular formula is C22H15FN2O3S. The van der Waals surface area contributed by atoms with Gasteiger partial charge in [0.25, 0.3) is 5.91 Å². The summed E-state index contributed by atoms with van der Waals surface area (Å²) in [5.41, 5.74) is 1.82. The van der Waals surface area contributed by atoms with Crippen LogP contribution in [0.5, 0.6) is 0 Å². The van der Waals surface area contributed by atoms with Crippen LogP contribution in [0.1, 0.15) is 10.4 Å². The quantitative estimate of drug-likeness (QED) is 0.479. The van der Waals surface area contributed by atoms with Crippen LogP contribution in [0.2, 0.25) is 0 Å². The maximum Gasteiger partial charge on any atom is 0.339 e. The molecule has 0 saturated carbocycles. The number of fused-ring (bicyclic) bond motifs is 1. The van der Waals surface area contributed by atoms with Crippen LogP contribution in [0.25, 0.3) is 20.8 Å². The first-order valence-corrected chi connectivity index (χ1v) is 9.60. The van der Waals surface area contributed by atoms with Gasteiger partial charge in [-0.05, 0) is 30.3 Å². The Kier molecular flexibility index (Phi) is 5.31. The van der Waals surface area contributed by atoms with Crippen molar-refractivity contribution in [3.05, 3.63) is 84.2 Å². The van der Waals surface area contributed by atoms with Crippen LogP contribution >= 0.6 is 11.3 Å². The molecular weight excluding hydrogens is 391 g/mol. The van der Waals surface area contributed by atoms with Gasteiger partial charge in [0.05, 0.1) is 21.5 Å². The van der Waals surface area contributed by atoms with E-state index in [1.54, 1.807) is 24.3 Å². The Morgan fingerprint density at radius 2 is 1.69 bits per heavy atom. The van der Waals surface area contributed by atoms with Gasteiger partial charge in [0, 0.05) is 5.56 Å².